The molecular formula is C90H164N4O16. The van der Waals surface area contributed by atoms with Gasteiger partial charge in [-0.2, -0.15) is 0 Å². The van der Waals surface area contributed by atoms with E-state index in [9.17, 15) is 57.5 Å². The van der Waals surface area contributed by atoms with Crippen molar-refractivity contribution in [3.63, 3.8) is 0 Å². The molecule has 0 aromatic rings. The molecule has 0 aromatic carbocycles. The first-order valence-corrected chi connectivity index (χ1v) is 45.0. The maximum atomic E-state index is 12.7. The highest BCUT2D eigenvalue weighted by molar-refractivity contribution is 5.92. The first-order valence-electron chi connectivity index (χ1n) is 45.0. The number of carbonyl (C=O) groups is 12. The van der Waals surface area contributed by atoms with Crippen LogP contribution in [0.1, 0.15) is 453 Å². The van der Waals surface area contributed by atoms with E-state index in [0.717, 1.165) is 89.9 Å². The summed E-state index contributed by atoms with van der Waals surface area (Å²) in [5.41, 5.74) is 0. The Hall–Kier alpha value is -5.56. The first kappa shape index (κ1) is 106. The summed E-state index contributed by atoms with van der Waals surface area (Å²) in [5, 5.41) is 10.7. The second kappa shape index (κ2) is 80.1. The number of hydrogen-bond acceptors (Lipinski definition) is 16. The van der Waals surface area contributed by atoms with E-state index >= 15 is 0 Å². The Morgan fingerprint density at radius 2 is 0.382 bits per heavy atom. The number of rotatable bonds is 80. The summed E-state index contributed by atoms with van der Waals surface area (Å²) in [5.74, 6) is -4.34. The van der Waals surface area contributed by atoms with Crippen LogP contribution in [0.5, 0.6) is 0 Å². The minimum atomic E-state index is -1.02. The maximum Gasteiger partial charge on any atom is 0.329 e. The van der Waals surface area contributed by atoms with Gasteiger partial charge < -0.3 is 40.2 Å². The lowest BCUT2D eigenvalue weighted by Gasteiger charge is -2.17. The molecule has 20 heteroatoms. The molecule has 4 N–H and O–H groups in total. The lowest BCUT2D eigenvalue weighted by molar-refractivity contribution is -0.150. The number of hydrogen-bond donors (Lipinski definition) is 4. The van der Waals surface area contributed by atoms with Gasteiger partial charge in [-0.05, 0) is 91.9 Å². The van der Waals surface area contributed by atoms with Gasteiger partial charge >= 0.3 is 23.9 Å². The van der Waals surface area contributed by atoms with Gasteiger partial charge in [0.15, 0.2) is 5.78 Å². The van der Waals surface area contributed by atoms with Crippen LogP contribution in [0, 0.1) is 0 Å². The van der Waals surface area contributed by atoms with Gasteiger partial charge in [0.05, 0.1) is 38.9 Å². The van der Waals surface area contributed by atoms with Crippen LogP contribution in [0.25, 0.3) is 0 Å². The van der Waals surface area contributed by atoms with E-state index < -0.39 is 48.0 Å². The Bertz CT molecular complexity index is 2270. The van der Waals surface area contributed by atoms with E-state index in [1.807, 2.05) is 0 Å². The zero-order valence-electron chi connectivity index (χ0n) is 71.5. The number of Topliss-reactive ketones (excluding diaryl/α,β-unsaturated/α-hetero) is 4. The molecule has 0 spiro atoms. The van der Waals surface area contributed by atoms with Crippen molar-refractivity contribution in [1.29, 1.82) is 0 Å². The molecule has 0 aliphatic rings. The fraction of sp³-hybridized carbons (Fsp3) is 0.867. The molecule has 110 heavy (non-hydrogen) atoms. The van der Waals surface area contributed by atoms with Crippen molar-refractivity contribution in [2.24, 2.45) is 0 Å². The third-order valence-electron chi connectivity index (χ3n) is 20.1. The average Bonchev–Trinajstić information content (AvgIpc) is 0.912. The molecule has 0 heterocycles. The standard InChI is InChI=1S/C48H88N2O8.C42H76N2O8/c1-5-7-9-11-13-15-17-19-21-23-25-27-31-35-45(53)49-43(39-41(3)51)47(55)57-37-33-29-30-34-38-58-48(56)44(40-42(4)52)50-46(54)36-32-28-26-24-22-20-18-16-14-12-10-8-6-2;1-5-7-9-11-13-15-17-19-21-23-25-29-39(47)43-37(36(4)46)34-41(49)51-31-27-28-32-52-42(50)38(33-35(3)45)44-40(48)30-26-24-22-20-18-16-14-12-10-8-6-2/h43-44H,5-40H2,1-4H3,(H,49,53)(H,50,54);37-38H,5-34H2,1-4H3,(H,43,47)(H,44,48). The monoisotopic (exact) mass is 1560 g/mol. The van der Waals surface area contributed by atoms with Gasteiger partial charge in [0.1, 0.15) is 35.5 Å². The van der Waals surface area contributed by atoms with Crippen molar-refractivity contribution in [2.75, 3.05) is 26.4 Å². The van der Waals surface area contributed by atoms with E-state index in [2.05, 4.69) is 49.0 Å². The molecule has 4 unspecified atom stereocenters. The largest absolute Gasteiger partial charge is 0.466 e. The van der Waals surface area contributed by atoms with Crippen LogP contribution in [0.15, 0.2) is 0 Å². The second-order valence-electron chi connectivity index (χ2n) is 31.4. The van der Waals surface area contributed by atoms with E-state index in [0.29, 0.717) is 51.4 Å². The molecule has 0 aromatic heterocycles. The SMILES string of the molecule is CCCCCCCCCCCCCC(=O)NC(CC(=O)OCCCCOC(=O)C(CC(C)=O)NC(=O)CCCCCCCCCCCCC)C(C)=O.CCCCCCCCCCCCCCCC(=O)NC(CC(C)=O)C(=O)OCCCCCCOC(=O)C(CC(C)=O)NC(=O)CCCCCCCCCCCCCCC. The normalized spacial score (nSPS) is 12.1. The van der Waals surface area contributed by atoms with E-state index in [1.165, 1.54) is 259 Å². The van der Waals surface area contributed by atoms with Crippen molar-refractivity contribution >= 4 is 70.6 Å². The molecule has 0 aliphatic heterocycles. The summed E-state index contributed by atoms with van der Waals surface area (Å²) in [4.78, 5) is 148. The molecule has 640 valence electrons. The summed E-state index contributed by atoms with van der Waals surface area (Å²) in [6.45, 7) is 14.9. The number of unbranched alkanes of at least 4 members (excludes halogenated alkanes) is 48. The minimum absolute atomic E-state index is 0.0461. The summed E-state index contributed by atoms with van der Waals surface area (Å²) < 4.78 is 21.3. The number of amides is 4. The number of ketones is 4. The zero-order valence-corrected chi connectivity index (χ0v) is 71.5. The second-order valence-corrected chi connectivity index (χ2v) is 31.4. The highest BCUT2D eigenvalue weighted by Gasteiger charge is 2.27. The van der Waals surface area contributed by atoms with Gasteiger partial charge in [0.25, 0.3) is 0 Å². The van der Waals surface area contributed by atoms with Crippen molar-refractivity contribution < 1.29 is 76.5 Å². The number of carbonyl (C=O) groups excluding carboxylic acids is 12. The van der Waals surface area contributed by atoms with Crippen LogP contribution in [0.3, 0.4) is 0 Å². The van der Waals surface area contributed by atoms with Gasteiger partial charge in [0.2, 0.25) is 23.6 Å². The van der Waals surface area contributed by atoms with Crippen molar-refractivity contribution in [3.05, 3.63) is 0 Å². The molecule has 0 radical (unpaired) electrons. The van der Waals surface area contributed by atoms with E-state index in [-0.39, 0.29) is 98.9 Å². The fourth-order valence-electron chi connectivity index (χ4n) is 13.3. The zero-order chi connectivity index (χ0) is 81.6. The molecule has 20 nitrogen and oxygen atoms in total. The summed E-state index contributed by atoms with van der Waals surface area (Å²) in [6, 6.07) is -3.91. The molecule has 0 saturated carbocycles. The average molecular weight is 1560 g/mol. The van der Waals surface area contributed by atoms with Gasteiger partial charge in [-0.25, -0.2) is 14.4 Å². The molecule has 4 atom stereocenters. The van der Waals surface area contributed by atoms with Gasteiger partial charge in [0, 0.05) is 44.9 Å². The van der Waals surface area contributed by atoms with Crippen molar-refractivity contribution in [3.8, 4) is 0 Å². The van der Waals surface area contributed by atoms with Crippen molar-refractivity contribution in [2.45, 2.75) is 478 Å². The number of ether oxygens (including phenoxy) is 4. The van der Waals surface area contributed by atoms with Gasteiger partial charge in [-0.1, -0.05) is 310 Å². The summed E-state index contributed by atoms with van der Waals surface area (Å²) >= 11 is 0. The summed E-state index contributed by atoms with van der Waals surface area (Å²) in [6.07, 6.45) is 62.0. The number of nitrogens with one attached hydrogen (secondary N) is 4. The van der Waals surface area contributed by atoms with E-state index in [4.69, 9.17) is 18.9 Å². The highest BCUT2D eigenvalue weighted by atomic mass is 16.5. The van der Waals surface area contributed by atoms with Gasteiger partial charge in [-0.15, -0.1) is 0 Å². The Morgan fingerprint density at radius 1 is 0.209 bits per heavy atom. The van der Waals surface area contributed by atoms with Crippen LogP contribution in [-0.2, 0) is 76.5 Å². The predicted octanol–water partition coefficient (Wildman–Crippen LogP) is 20.7. The lowest BCUT2D eigenvalue weighted by Crippen LogP contribution is -2.43. The maximum absolute atomic E-state index is 12.7. The third-order valence-corrected chi connectivity index (χ3v) is 20.1. The molecule has 0 bridgehead atoms. The smallest absolute Gasteiger partial charge is 0.329 e. The Labute approximate surface area is 669 Å². The first-order chi connectivity index (χ1) is 53.2. The molecule has 0 fully saturated rings. The topological polar surface area (TPSA) is 290 Å². The predicted molar refractivity (Wildman–Crippen MR) is 443 cm³/mol. The summed E-state index contributed by atoms with van der Waals surface area (Å²) in [7, 11) is 0. The van der Waals surface area contributed by atoms with Crippen molar-refractivity contribution in [1.82, 2.24) is 21.3 Å². The molecule has 0 rings (SSSR count). The highest BCUT2D eigenvalue weighted by Crippen LogP contribution is 2.19. The molecule has 4 amide bonds. The van der Waals surface area contributed by atoms with Crippen LogP contribution in [0.4, 0.5) is 0 Å². The molecule has 0 aliphatic carbocycles. The Kier molecular flexibility index (Phi) is 77.5. The minimum Gasteiger partial charge on any atom is -0.466 e. The Balaban J connectivity index is 0. The van der Waals surface area contributed by atoms with Crippen LogP contribution >= 0.6 is 0 Å². The fourth-order valence-corrected chi connectivity index (χ4v) is 13.3. The van der Waals surface area contributed by atoms with Crippen LogP contribution in [-0.4, -0.2) is 121 Å². The Morgan fingerprint density at radius 3 is 0.582 bits per heavy atom. The molecule has 0 saturated heterocycles. The van der Waals surface area contributed by atoms with E-state index in [1.54, 1.807) is 0 Å². The number of esters is 4. The lowest BCUT2D eigenvalue weighted by atomic mass is 10.0. The molecular weight excluding hydrogens is 1390 g/mol. The van der Waals surface area contributed by atoms with Crippen LogP contribution in [0.2, 0.25) is 0 Å². The van der Waals surface area contributed by atoms with Gasteiger partial charge in [-0.3, -0.25) is 43.2 Å². The van der Waals surface area contributed by atoms with Crippen LogP contribution < -0.4 is 21.3 Å². The third kappa shape index (κ3) is 75.1. The quantitative estimate of drug-likeness (QED) is 0.0250.